The molecule has 1 unspecified atom stereocenters. The van der Waals surface area contributed by atoms with Crippen LogP contribution in [0.4, 0.5) is 0 Å². The van der Waals surface area contributed by atoms with Crippen LogP contribution in [-0.2, 0) is 15.5 Å². The second-order valence-electron chi connectivity index (χ2n) is 5.29. The average Bonchev–Trinajstić information content (AvgIpc) is 2.62. The number of rotatable bonds is 7. The molecule has 0 radical (unpaired) electrons. The summed E-state index contributed by atoms with van der Waals surface area (Å²) >= 11 is 0. The molecule has 0 saturated carbocycles. The molecule has 1 N–H and O–H groups in total. The molecule has 0 fully saturated rings. The van der Waals surface area contributed by atoms with Crippen molar-refractivity contribution in [2.24, 2.45) is 5.10 Å². The second-order valence-corrected chi connectivity index (χ2v) is 7.38. The van der Waals surface area contributed by atoms with Crippen molar-refractivity contribution in [2.75, 3.05) is 13.8 Å². The molecule has 132 valence electrons. The number of hydrogen-bond acceptors (Lipinski definition) is 5. The monoisotopic (exact) mass is 360 g/mol. The third kappa shape index (κ3) is 5.28. The van der Waals surface area contributed by atoms with Gasteiger partial charge >= 0.3 is 7.60 Å². The van der Waals surface area contributed by atoms with Crippen LogP contribution < -0.4 is 9.95 Å². The largest absolute Gasteiger partial charge is 0.424 e. The van der Waals surface area contributed by atoms with Crippen molar-refractivity contribution in [3.05, 3.63) is 65.2 Å². The summed E-state index contributed by atoms with van der Waals surface area (Å²) in [5.74, 6) is 0.0762. The Morgan fingerprint density at radius 3 is 2.60 bits per heavy atom. The number of carbonyl (C=O) groups is 1. The molecular weight excluding hydrogens is 339 g/mol. The van der Waals surface area contributed by atoms with E-state index in [1.807, 2.05) is 25.1 Å². The van der Waals surface area contributed by atoms with Crippen molar-refractivity contribution in [1.82, 2.24) is 5.43 Å². The lowest BCUT2D eigenvalue weighted by Crippen LogP contribution is -2.19. The fraction of sp³-hybridized carbons (Fsp3) is 0.222. The summed E-state index contributed by atoms with van der Waals surface area (Å²) in [6, 6.07) is 14.3. The predicted octanol–water partition coefficient (Wildman–Crippen LogP) is 3.86. The molecule has 6 nitrogen and oxygen atoms in total. The first-order valence-electron chi connectivity index (χ1n) is 7.80. The molecule has 0 saturated heterocycles. The number of para-hydroxylation sites is 1. The lowest BCUT2D eigenvalue weighted by atomic mass is 10.1. The maximum Gasteiger partial charge on any atom is 0.375 e. The number of aryl methyl sites for hydroxylation is 1. The quantitative estimate of drug-likeness (QED) is 0.462. The Kier molecular flexibility index (Phi) is 6.51. The molecule has 1 amide bonds. The van der Waals surface area contributed by atoms with Crippen LogP contribution in [-0.4, -0.2) is 25.9 Å². The first-order valence-corrected chi connectivity index (χ1v) is 9.79. The van der Waals surface area contributed by atoms with Crippen molar-refractivity contribution in [3.8, 4) is 5.75 Å². The van der Waals surface area contributed by atoms with Crippen LogP contribution in [0.25, 0.3) is 0 Å². The topological polar surface area (TPSA) is 77.0 Å². The minimum Gasteiger partial charge on any atom is -0.424 e. The van der Waals surface area contributed by atoms with E-state index in [1.165, 1.54) is 20.0 Å². The zero-order chi connectivity index (χ0) is 18.3. The summed E-state index contributed by atoms with van der Waals surface area (Å²) in [6.45, 7) is 3.37. The van der Waals surface area contributed by atoms with Gasteiger partial charge < -0.3 is 9.05 Å². The molecule has 7 heteroatoms. The van der Waals surface area contributed by atoms with Crippen molar-refractivity contribution < 1.29 is 18.4 Å². The van der Waals surface area contributed by atoms with E-state index in [-0.39, 0.29) is 5.91 Å². The molecule has 0 heterocycles. The van der Waals surface area contributed by atoms with Crippen molar-refractivity contribution >= 4 is 19.7 Å². The Morgan fingerprint density at radius 2 is 1.88 bits per heavy atom. The molecule has 0 aromatic heterocycles. The van der Waals surface area contributed by atoms with Gasteiger partial charge in [0, 0.05) is 24.9 Å². The third-order valence-electron chi connectivity index (χ3n) is 3.53. The highest BCUT2D eigenvalue weighted by Crippen LogP contribution is 2.43. The van der Waals surface area contributed by atoms with E-state index in [2.05, 4.69) is 10.5 Å². The smallest absolute Gasteiger partial charge is 0.375 e. The van der Waals surface area contributed by atoms with Gasteiger partial charge in [0.15, 0.2) is 0 Å². The van der Waals surface area contributed by atoms with Crippen LogP contribution in [0, 0.1) is 0 Å². The van der Waals surface area contributed by atoms with Crippen LogP contribution in [0.1, 0.15) is 28.4 Å². The summed E-state index contributed by atoms with van der Waals surface area (Å²) in [7, 11) is -1.86. The summed E-state index contributed by atoms with van der Waals surface area (Å²) in [4.78, 5) is 12.3. The number of nitrogens with zero attached hydrogens (tertiary/aromatic N) is 1. The standard InChI is InChI=1S/C18H21N2O4P/c1-4-14-9-5-7-11-16(14)18(21)20-19-13-15-10-6-8-12-17(15)24-25(3,22)23-2/h5-13H,4H2,1-3H3,(H,20,21). The molecular formula is C18H21N2O4P. The number of hydrazone groups is 1. The molecule has 0 aliphatic carbocycles. The van der Waals surface area contributed by atoms with E-state index in [0.29, 0.717) is 16.9 Å². The maximum atomic E-state index is 12.3. The Hall–Kier alpha value is -2.43. The van der Waals surface area contributed by atoms with E-state index in [1.54, 1.807) is 30.3 Å². The molecule has 2 aromatic carbocycles. The van der Waals surface area contributed by atoms with E-state index in [9.17, 15) is 9.36 Å². The number of carbonyl (C=O) groups excluding carboxylic acids is 1. The molecule has 0 aliphatic heterocycles. The van der Waals surface area contributed by atoms with Gasteiger partial charge in [-0.2, -0.15) is 5.10 Å². The fourth-order valence-corrected chi connectivity index (χ4v) is 2.76. The molecule has 2 aromatic rings. The van der Waals surface area contributed by atoms with Gasteiger partial charge in [-0.3, -0.25) is 4.79 Å². The second kappa shape index (κ2) is 8.60. The number of amides is 1. The maximum absolute atomic E-state index is 12.3. The van der Waals surface area contributed by atoms with E-state index < -0.39 is 7.60 Å². The SMILES string of the molecule is CCc1ccccc1C(=O)NN=Cc1ccccc1OP(C)(=O)OC. The van der Waals surface area contributed by atoms with Gasteiger partial charge in [-0.25, -0.2) is 9.99 Å². The predicted molar refractivity (Wildman–Crippen MR) is 98.5 cm³/mol. The Morgan fingerprint density at radius 1 is 1.20 bits per heavy atom. The zero-order valence-corrected chi connectivity index (χ0v) is 15.3. The van der Waals surface area contributed by atoms with Crippen molar-refractivity contribution in [1.29, 1.82) is 0 Å². The molecule has 2 rings (SSSR count). The van der Waals surface area contributed by atoms with E-state index >= 15 is 0 Å². The molecule has 0 spiro atoms. The van der Waals surface area contributed by atoms with Gasteiger partial charge in [-0.15, -0.1) is 0 Å². The summed E-state index contributed by atoms with van der Waals surface area (Å²) in [5, 5.41) is 3.97. The van der Waals surface area contributed by atoms with E-state index in [0.717, 1.165) is 12.0 Å². The van der Waals surface area contributed by atoms with Gasteiger partial charge in [-0.1, -0.05) is 37.3 Å². The van der Waals surface area contributed by atoms with Crippen molar-refractivity contribution in [2.45, 2.75) is 13.3 Å². The van der Waals surface area contributed by atoms with Gasteiger partial charge in [0.05, 0.1) is 6.21 Å². The van der Waals surface area contributed by atoms with Crippen LogP contribution in [0.5, 0.6) is 5.75 Å². The first-order chi connectivity index (χ1) is 12.0. The molecule has 25 heavy (non-hydrogen) atoms. The first kappa shape index (κ1) is 18.9. The highest BCUT2D eigenvalue weighted by molar-refractivity contribution is 7.53. The van der Waals surface area contributed by atoms with Crippen molar-refractivity contribution in [3.63, 3.8) is 0 Å². The molecule has 0 bridgehead atoms. The summed E-state index contributed by atoms with van der Waals surface area (Å²) in [5.41, 5.74) is 4.61. The fourth-order valence-electron chi connectivity index (χ4n) is 2.16. The third-order valence-corrected chi connectivity index (χ3v) is 4.72. The average molecular weight is 360 g/mol. The molecule has 1 atom stereocenters. The highest BCUT2D eigenvalue weighted by atomic mass is 31.2. The zero-order valence-electron chi connectivity index (χ0n) is 14.4. The van der Waals surface area contributed by atoms with E-state index in [4.69, 9.17) is 9.05 Å². The lowest BCUT2D eigenvalue weighted by Gasteiger charge is -2.14. The van der Waals surface area contributed by atoms with Crippen LogP contribution >= 0.6 is 7.60 Å². The minimum absolute atomic E-state index is 0.287. The van der Waals surface area contributed by atoms with Gasteiger partial charge in [0.1, 0.15) is 5.75 Å². The normalized spacial score (nSPS) is 13.4. The van der Waals surface area contributed by atoms with Gasteiger partial charge in [-0.05, 0) is 30.2 Å². The Bertz CT molecular complexity index is 820. The minimum atomic E-state index is -3.18. The Labute approximate surface area is 147 Å². The molecule has 0 aliphatic rings. The summed E-state index contributed by atoms with van der Waals surface area (Å²) in [6.07, 6.45) is 2.20. The number of hydrogen-bond donors (Lipinski definition) is 1. The van der Waals surface area contributed by atoms with Crippen LogP contribution in [0.3, 0.4) is 0 Å². The number of benzene rings is 2. The summed E-state index contributed by atoms with van der Waals surface area (Å²) < 4.78 is 22.2. The van der Waals surface area contributed by atoms with Crippen LogP contribution in [0.2, 0.25) is 0 Å². The van der Waals surface area contributed by atoms with Gasteiger partial charge in [0.2, 0.25) is 0 Å². The lowest BCUT2D eigenvalue weighted by molar-refractivity contribution is 0.0954. The Balaban J connectivity index is 2.12. The van der Waals surface area contributed by atoms with Crippen LogP contribution in [0.15, 0.2) is 53.6 Å². The highest BCUT2D eigenvalue weighted by Gasteiger charge is 2.17. The van der Waals surface area contributed by atoms with Gasteiger partial charge in [0.25, 0.3) is 5.91 Å². The number of nitrogens with one attached hydrogen (secondary N) is 1.